The number of unbranched alkanes of at least 4 members (excludes halogenated alkanes) is 15. The lowest BCUT2D eigenvalue weighted by atomic mass is 9.73. The summed E-state index contributed by atoms with van der Waals surface area (Å²) < 4.78 is 12.2. The van der Waals surface area contributed by atoms with Crippen molar-refractivity contribution in [2.24, 2.45) is 11.3 Å². The van der Waals surface area contributed by atoms with Gasteiger partial charge in [0.05, 0.1) is 19.4 Å². The van der Waals surface area contributed by atoms with E-state index in [9.17, 15) is 14.7 Å². The van der Waals surface area contributed by atoms with Crippen molar-refractivity contribution in [1.29, 1.82) is 0 Å². The molecule has 1 saturated heterocycles. The molecule has 0 aliphatic carbocycles. The molecule has 49 heavy (non-hydrogen) atoms. The van der Waals surface area contributed by atoms with Gasteiger partial charge in [-0.2, -0.15) is 0 Å². The number of carbonyl (C=O) groups excluding carboxylic acids is 2. The number of hydrogen-bond donors (Lipinski definition) is 1. The Morgan fingerprint density at radius 3 is 1.59 bits per heavy atom. The number of aliphatic hydroxyl groups excluding tert-OH is 1. The van der Waals surface area contributed by atoms with Crippen molar-refractivity contribution < 1.29 is 24.2 Å². The quantitative estimate of drug-likeness (QED) is 0.0534. The summed E-state index contributed by atoms with van der Waals surface area (Å²) in [6.45, 7) is 12.5. The predicted molar refractivity (Wildman–Crippen MR) is 207 cm³/mol. The molecule has 0 aromatic carbocycles. The molecule has 0 bridgehead atoms. The summed E-state index contributed by atoms with van der Waals surface area (Å²) in [6, 6.07) is 0. The SMILES string of the molecule is CCCCCCCCC(CCCCCCCC)OC(=O)CC1(CC(=O)OCCC(CCCCC)CCCCC)CCN(CCCCO)CC1. The van der Waals surface area contributed by atoms with Crippen molar-refractivity contribution in [2.45, 2.75) is 220 Å². The average Bonchev–Trinajstić information content (AvgIpc) is 3.08. The van der Waals surface area contributed by atoms with E-state index < -0.39 is 5.41 Å². The number of ether oxygens (including phenoxy) is 2. The van der Waals surface area contributed by atoms with Gasteiger partial charge < -0.3 is 19.5 Å². The first-order chi connectivity index (χ1) is 23.9. The van der Waals surface area contributed by atoms with Gasteiger partial charge in [0, 0.05) is 6.61 Å². The summed E-state index contributed by atoms with van der Waals surface area (Å²) in [5.74, 6) is 0.376. The molecule has 6 heteroatoms. The van der Waals surface area contributed by atoms with Crippen LogP contribution in [-0.2, 0) is 19.1 Å². The Hall–Kier alpha value is -1.14. The Labute approximate surface area is 304 Å². The van der Waals surface area contributed by atoms with Crippen LogP contribution in [0.3, 0.4) is 0 Å². The summed E-state index contributed by atoms with van der Waals surface area (Å²) in [5.41, 5.74) is -0.395. The van der Waals surface area contributed by atoms with Crippen molar-refractivity contribution in [3.8, 4) is 0 Å². The largest absolute Gasteiger partial charge is 0.466 e. The van der Waals surface area contributed by atoms with Gasteiger partial charge in [-0.05, 0) is 88.8 Å². The molecule has 1 rings (SSSR count). The summed E-state index contributed by atoms with van der Waals surface area (Å²) >= 11 is 0. The van der Waals surface area contributed by atoms with Gasteiger partial charge in [-0.25, -0.2) is 0 Å². The standard InChI is InChI=1S/C43H83NO5/c1-5-9-13-15-17-21-27-40(28-22-18-16-14-10-6-2)49-42(47)38-43(30-33-44(34-31-43)32-23-24-35-45)37-41(46)48-36-29-39(25-19-11-7-3)26-20-12-8-4/h39-40,45H,5-38H2,1-4H3. The Bertz CT molecular complexity index is 739. The van der Waals surface area contributed by atoms with Crippen molar-refractivity contribution in [3.63, 3.8) is 0 Å². The molecular formula is C43H83NO5. The molecule has 6 nitrogen and oxygen atoms in total. The Morgan fingerprint density at radius 2 is 1.06 bits per heavy atom. The minimum atomic E-state index is -0.395. The van der Waals surface area contributed by atoms with Crippen LogP contribution in [0, 0.1) is 11.3 Å². The lowest BCUT2D eigenvalue weighted by molar-refractivity contribution is -0.156. The number of hydrogen-bond acceptors (Lipinski definition) is 6. The van der Waals surface area contributed by atoms with Gasteiger partial charge in [0.25, 0.3) is 0 Å². The average molecular weight is 694 g/mol. The maximum atomic E-state index is 13.7. The summed E-state index contributed by atoms with van der Waals surface area (Å²) in [7, 11) is 0. The van der Waals surface area contributed by atoms with E-state index in [0.29, 0.717) is 25.4 Å². The molecule has 0 aromatic rings. The van der Waals surface area contributed by atoms with E-state index >= 15 is 0 Å². The Kier molecular flexibility index (Phi) is 29.6. The number of carbonyl (C=O) groups is 2. The van der Waals surface area contributed by atoms with Crippen molar-refractivity contribution in [1.82, 2.24) is 4.90 Å². The second-order valence-electron chi connectivity index (χ2n) is 15.7. The van der Waals surface area contributed by atoms with Crippen LogP contribution in [0.5, 0.6) is 0 Å². The van der Waals surface area contributed by atoms with E-state index in [4.69, 9.17) is 9.47 Å². The highest BCUT2D eigenvalue weighted by Crippen LogP contribution is 2.40. The van der Waals surface area contributed by atoms with E-state index in [1.165, 1.54) is 116 Å². The topological polar surface area (TPSA) is 76.1 Å². The van der Waals surface area contributed by atoms with Crippen molar-refractivity contribution >= 4 is 11.9 Å². The number of esters is 2. The molecule has 0 radical (unpaired) electrons. The normalized spacial score (nSPS) is 14.9. The zero-order valence-electron chi connectivity index (χ0n) is 33.2. The molecule has 1 N–H and O–H groups in total. The predicted octanol–water partition coefficient (Wildman–Crippen LogP) is 11.7. The highest BCUT2D eigenvalue weighted by molar-refractivity contribution is 5.74. The molecular weight excluding hydrogens is 610 g/mol. The molecule has 1 heterocycles. The van der Waals surface area contributed by atoms with Gasteiger partial charge in [-0.1, -0.05) is 143 Å². The van der Waals surface area contributed by atoms with Gasteiger partial charge >= 0.3 is 11.9 Å². The van der Waals surface area contributed by atoms with E-state index in [1.807, 2.05) is 0 Å². The minimum Gasteiger partial charge on any atom is -0.466 e. The third kappa shape index (κ3) is 24.6. The van der Waals surface area contributed by atoms with Crippen LogP contribution in [0.15, 0.2) is 0 Å². The van der Waals surface area contributed by atoms with Gasteiger partial charge in [0.15, 0.2) is 0 Å². The number of nitrogens with zero attached hydrogens (tertiary/aromatic N) is 1. The van der Waals surface area contributed by atoms with Crippen LogP contribution in [0.25, 0.3) is 0 Å². The van der Waals surface area contributed by atoms with Gasteiger partial charge in [0.1, 0.15) is 6.10 Å². The summed E-state index contributed by atoms with van der Waals surface area (Å²) in [4.78, 5) is 29.5. The second kappa shape index (κ2) is 31.6. The highest BCUT2D eigenvalue weighted by Gasteiger charge is 2.40. The molecule has 0 aromatic heterocycles. The fraction of sp³-hybridized carbons (Fsp3) is 0.953. The molecule has 0 amide bonds. The molecule has 0 saturated carbocycles. The van der Waals surface area contributed by atoms with Crippen molar-refractivity contribution in [2.75, 3.05) is 32.8 Å². The summed E-state index contributed by atoms with van der Waals surface area (Å²) in [5, 5.41) is 9.25. The number of likely N-dealkylation sites (tertiary alicyclic amines) is 1. The Morgan fingerprint density at radius 1 is 0.592 bits per heavy atom. The van der Waals surface area contributed by atoms with Crippen LogP contribution in [0.1, 0.15) is 214 Å². The molecule has 1 fully saturated rings. The van der Waals surface area contributed by atoms with E-state index in [1.54, 1.807) is 0 Å². The smallest absolute Gasteiger partial charge is 0.306 e. The van der Waals surface area contributed by atoms with Gasteiger partial charge in [-0.3, -0.25) is 9.59 Å². The van der Waals surface area contributed by atoms with Crippen LogP contribution in [0.4, 0.5) is 0 Å². The van der Waals surface area contributed by atoms with E-state index in [2.05, 4.69) is 32.6 Å². The first kappa shape index (κ1) is 45.9. The minimum absolute atomic E-state index is 0.00947. The lowest BCUT2D eigenvalue weighted by Crippen LogP contribution is -2.43. The first-order valence-electron chi connectivity index (χ1n) is 21.6. The third-order valence-electron chi connectivity index (χ3n) is 11.1. The van der Waals surface area contributed by atoms with Crippen LogP contribution in [0.2, 0.25) is 0 Å². The molecule has 0 spiro atoms. The molecule has 1 aliphatic heterocycles. The lowest BCUT2D eigenvalue weighted by Gasteiger charge is -2.41. The summed E-state index contributed by atoms with van der Waals surface area (Å²) in [6.07, 6.45) is 31.8. The highest BCUT2D eigenvalue weighted by atomic mass is 16.5. The Balaban J connectivity index is 2.83. The number of piperidine rings is 1. The fourth-order valence-corrected chi connectivity index (χ4v) is 7.71. The van der Waals surface area contributed by atoms with Gasteiger partial charge in [0.2, 0.25) is 0 Å². The zero-order valence-corrected chi connectivity index (χ0v) is 33.2. The first-order valence-corrected chi connectivity index (χ1v) is 21.6. The second-order valence-corrected chi connectivity index (χ2v) is 15.7. The maximum Gasteiger partial charge on any atom is 0.306 e. The number of aliphatic hydroxyl groups is 1. The molecule has 1 aliphatic rings. The van der Waals surface area contributed by atoms with Crippen molar-refractivity contribution in [3.05, 3.63) is 0 Å². The van der Waals surface area contributed by atoms with E-state index in [0.717, 1.165) is 77.4 Å². The fourth-order valence-electron chi connectivity index (χ4n) is 7.71. The number of rotatable bonds is 34. The van der Waals surface area contributed by atoms with Crippen LogP contribution < -0.4 is 0 Å². The maximum absolute atomic E-state index is 13.7. The molecule has 290 valence electrons. The van der Waals surface area contributed by atoms with Crippen LogP contribution >= 0.6 is 0 Å². The molecule has 0 unspecified atom stereocenters. The third-order valence-corrected chi connectivity index (χ3v) is 11.1. The monoisotopic (exact) mass is 694 g/mol. The zero-order chi connectivity index (χ0) is 35.8. The molecule has 0 atom stereocenters. The van der Waals surface area contributed by atoms with Gasteiger partial charge in [-0.15, -0.1) is 0 Å². The van der Waals surface area contributed by atoms with E-state index in [-0.39, 0.29) is 24.6 Å². The van der Waals surface area contributed by atoms with Crippen LogP contribution in [-0.4, -0.2) is 60.9 Å².